The standard InChI is InChI=1S/C21H20N4O3/c26-20(18-17-8-4-5-11-24(17)19(23-18)14-9-10-14)22-12-16-13-25(21(27)28-16)15-6-2-1-3-7-15/h1-8,11,14,16H,9-10,12-13H2,(H,22,26). The van der Waals surface area contributed by atoms with E-state index in [0.29, 0.717) is 18.2 Å². The minimum atomic E-state index is -0.395. The number of para-hydroxylation sites is 1. The molecule has 1 saturated carbocycles. The van der Waals surface area contributed by atoms with Gasteiger partial charge < -0.3 is 14.5 Å². The Balaban J connectivity index is 1.28. The Kier molecular flexibility index (Phi) is 4.00. The first-order valence-electron chi connectivity index (χ1n) is 9.49. The summed E-state index contributed by atoms with van der Waals surface area (Å²) < 4.78 is 7.40. The van der Waals surface area contributed by atoms with Crippen LogP contribution < -0.4 is 10.2 Å². The average molecular weight is 376 g/mol. The number of carbonyl (C=O) groups excluding carboxylic acids is 2. The molecule has 2 aliphatic rings. The minimum Gasteiger partial charge on any atom is -0.442 e. The van der Waals surface area contributed by atoms with Crippen molar-refractivity contribution in [3.8, 4) is 0 Å². The second kappa shape index (κ2) is 6.67. The van der Waals surface area contributed by atoms with Crippen LogP contribution >= 0.6 is 0 Å². The Morgan fingerprint density at radius 1 is 1.14 bits per heavy atom. The molecule has 5 rings (SSSR count). The molecule has 7 nitrogen and oxygen atoms in total. The van der Waals surface area contributed by atoms with Crippen LogP contribution in [0.5, 0.6) is 0 Å². The molecule has 142 valence electrons. The lowest BCUT2D eigenvalue weighted by atomic mass is 10.2. The van der Waals surface area contributed by atoms with Gasteiger partial charge in [-0.05, 0) is 37.1 Å². The molecule has 1 aliphatic carbocycles. The topological polar surface area (TPSA) is 75.9 Å². The quantitative estimate of drug-likeness (QED) is 0.743. The monoisotopic (exact) mass is 376 g/mol. The summed E-state index contributed by atoms with van der Waals surface area (Å²) in [6, 6.07) is 15.1. The van der Waals surface area contributed by atoms with E-state index >= 15 is 0 Å². The highest BCUT2D eigenvalue weighted by Crippen LogP contribution is 2.40. The number of nitrogens with zero attached hydrogens (tertiary/aromatic N) is 3. The normalized spacial score (nSPS) is 19.1. The highest BCUT2D eigenvalue weighted by molar-refractivity contribution is 5.99. The number of hydrogen-bond acceptors (Lipinski definition) is 4. The first kappa shape index (κ1) is 16.8. The van der Waals surface area contributed by atoms with E-state index in [-0.39, 0.29) is 12.5 Å². The number of hydrogen-bond donors (Lipinski definition) is 1. The van der Waals surface area contributed by atoms with Gasteiger partial charge in [-0.2, -0.15) is 0 Å². The predicted octanol–water partition coefficient (Wildman–Crippen LogP) is 2.97. The van der Waals surface area contributed by atoms with Crippen LogP contribution in [-0.2, 0) is 4.74 Å². The molecule has 28 heavy (non-hydrogen) atoms. The number of cyclic esters (lactones) is 1. The van der Waals surface area contributed by atoms with E-state index < -0.39 is 12.2 Å². The van der Waals surface area contributed by atoms with Gasteiger partial charge in [0.25, 0.3) is 5.91 Å². The van der Waals surface area contributed by atoms with E-state index in [1.807, 2.05) is 59.1 Å². The molecule has 2 amide bonds. The van der Waals surface area contributed by atoms with Crippen molar-refractivity contribution >= 4 is 23.2 Å². The fourth-order valence-corrected chi connectivity index (χ4v) is 3.60. The summed E-state index contributed by atoms with van der Waals surface area (Å²) in [5.41, 5.74) is 2.01. The number of fused-ring (bicyclic) bond motifs is 1. The van der Waals surface area contributed by atoms with E-state index in [9.17, 15) is 9.59 Å². The molecule has 1 atom stereocenters. The molecular formula is C21H20N4O3. The summed E-state index contributed by atoms with van der Waals surface area (Å²) in [7, 11) is 0. The Morgan fingerprint density at radius 3 is 2.71 bits per heavy atom. The van der Waals surface area contributed by atoms with Gasteiger partial charge in [0, 0.05) is 17.8 Å². The lowest BCUT2D eigenvalue weighted by Gasteiger charge is -2.12. The van der Waals surface area contributed by atoms with Crippen LogP contribution in [0.4, 0.5) is 10.5 Å². The molecule has 2 aromatic heterocycles. The van der Waals surface area contributed by atoms with Gasteiger partial charge >= 0.3 is 6.09 Å². The van der Waals surface area contributed by atoms with Crippen molar-refractivity contribution in [1.29, 1.82) is 0 Å². The fourth-order valence-electron chi connectivity index (χ4n) is 3.60. The molecular weight excluding hydrogens is 356 g/mol. The maximum Gasteiger partial charge on any atom is 0.414 e. The Labute approximate surface area is 161 Å². The second-order valence-corrected chi connectivity index (χ2v) is 7.21. The van der Waals surface area contributed by atoms with E-state index in [2.05, 4.69) is 10.3 Å². The van der Waals surface area contributed by atoms with Crippen LogP contribution in [0, 0.1) is 0 Å². The van der Waals surface area contributed by atoms with Crippen LogP contribution in [0.2, 0.25) is 0 Å². The number of rotatable bonds is 5. The second-order valence-electron chi connectivity index (χ2n) is 7.21. The molecule has 3 heterocycles. The van der Waals surface area contributed by atoms with E-state index in [4.69, 9.17) is 4.74 Å². The molecule has 7 heteroatoms. The third-order valence-electron chi connectivity index (χ3n) is 5.17. The smallest absolute Gasteiger partial charge is 0.414 e. The highest BCUT2D eigenvalue weighted by atomic mass is 16.6. The molecule has 1 unspecified atom stereocenters. The van der Waals surface area contributed by atoms with E-state index in [1.165, 1.54) is 0 Å². The molecule has 0 radical (unpaired) electrons. The Hall–Kier alpha value is -3.35. The molecule has 1 aromatic carbocycles. The number of carbonyl (C=O) groups is 2. The zero-order chi connectivity index (χ0) is 19.1. The maximum absolute atomic E-state index is 12.8. The first-order valence-corrected chi connectivity index (χ1v) is 9.49. The zero-order valence-electron chi connectivity index (χ0n) is 15.2. The molecule has 1 aliphatic heterocycles. The number of anilines is 1. The maximum atomic E-state index is 12.8. The van der Waals surface area contributed by atoms with Crippen LogP contribution in [-0.4, -0.2) is 40.6 Å². The third kappa shape index (κ3) is 2.98. The molecule has 1 saturated heterocycles. The van der Waals surface area contributed by atoms with Gasteiger partial charge in [-0.25, -0.2) is 9.78 Å². The first-order chi connectivity index (χ1) is 13.7. The Morgan fingerprint density at radius 2 is 1.93 bits per heavy atom. The number of pyridine rings is 1. The van der Waals surface area contributed by atoms with Crippen molar-refractivity contribution < 1.29 is 14.3 Å². The lowest BCUT2D eigenvalue weighted by Crippen LogP contribution is -2.34. The van der Waals surface area contributed by atoms with E-state index in [0.717, 1.165) is 29.9 Å². The lowest BCUT2D eigenvalue weighted by molar-refractivity contribution is 0.0913. The number of ether oxygens (including phenoxy) is 1. The van der Waals surface area contributed by atoms with Crippen molar-refractivity contribution in [3.63, 3.8) is 0 Å². The van der Waals surface area contributed by atoms with Crippen LogP contribution in [0.15, 0.2) is 54.7 Å². The fraction of sp³-hybridized carbons (Fsp3) is 0.286. The van der Waals surface area contributed by atoms with Crippen LogP contribution in [0.25, 0.3) is 5.52 Å². The Bertz CT molecular complexity index is 1040. The van der Waals surface area contributed by atoms with Gasteiger partial charge in [-0.1, -0.05) is 24.3 Å². The van der Waals surface area contributed by atoms with Gasteiger partial charge in [0.05, 0.1) is 18.6 Å². The van der Waals surface area contributed by atoms with Crippen molar-refractivity contribution in [1.82, 2.24) is 14.7 Å². The zero-order valence-corrected chi connectivity index (χ0v) is 15.2. The van der Waals surface area contributed by atoms with Gasteiger partial charge in [0.1, 0.15) is 11.9 Å². The summed E-state index contributed by atoms with van der Waals surface area (Å²) in [4.78, 5) is 31.1. The summed E-state index contributed by atoms with van der Waals surface area (Å²) in [6.45, 7) is 0.652. The average Bonchev–Trinajstić information content (AvgIpc) is 3.39. The summed E-state index contributed by atoms with van der Waals surface area (Å²) in [5.74, 6) is 1.14. The molecule has 0 spiro atoms. The van der Waals surface area contributed by atoms with Crippen molar-refractivity contribution in [2.24, 2.45) is 0 Å². The van der Waals surface area contributed by atoms with Crippen LogP contribution in [0.3, 0.4) is 0 Å². The van der Waals surface area contributed by atoms with Gasteiger partial charge in [-0.15, -0.1) is 0 Å². The number of imidazole rings is 1. The number of amides is 2. The minimum absolute atomic E-state index is 0.246. The van der Waals surface area contributed by atoms with Gasteiger partial charge in [-0.3, -0.25) is 9.69 Å². The molecule has 3 aromatic rings. The number of aromatic nitrogens is 2. The predicted molar refractivity (Wildman–Crippen MR) is 104 cm³/mol. The van der Waals surface area contributed by atoms with E-state index in [1.54, 1.807) is 4.90 Å². The van der Waals surface area contributed by atoms with Crippen molar-refractivity contribution in [2.45, 2.75) is 24.9 Å². The summed E-state index contributed by atoms with van der Waals surface area (Å²) in [6.07, 6.45) is 3.39. The van der Waals surface area contributed by atoms with Gasteiger partial charge in [0.15, 0.2) is 5.69 Å². The summed E-state index contributed by atoms with van der Waals surface area (Å²) in [5, 5.41) is 2.88. The van der Waals surface area contributed by atoms with Crippen LogP contribution in [0.1, 0.15) is 35.1 Å². The number of nitrogens with one attached hydrogen (secondary N) is 1. The largest absolute Gasteiger partial charge is 0.442 e. The summed E-state index contributed by atoms with van der Waals surface area (Å²) >= 11 is 0. The van der Waals surface area contributed by atoms with Gasteiger partial charge in [0.2, 0.25) is 0 Å². The highest BCUT2D eigenvalue weighted by Gasteiger charge is 2.33. The molecule has 2 fully saturated rings. The molecule has 1 N–H and O–H groups in total. The van der Waals surface area contributed by atoms with Crippen molar-refractivity contribution in [2.75, 3.05) is 18.0 Å². The third-order valence-corrected chi connectivity index (χ3v) is 5.17. The number of benzene rings is 1. The SMILES string of the molecule is O=C(NCC1CN(c2ccccc2)C(=O)O1)c1nc(C2CC2)n2ccccc12. The molecule has 0 bridgehead atoms. The van der Waals surface area contributed by atoms with Crippen molar-refractivity contribution in [3.05, 3.63) is 66.2 Å².